The van der Waals surface area contributed by atoms with Gasteiger partial charge in [0.15, 0.2) is 0 Å². The highest BCUT2D eigenvalue weighted by molar-refractivity contribution is 7.89. The van der Waals surface area contributed by atoms with Gasteiger partial charge in [-0.15, -0.1) is 5.01 Å². The first-order valence-electron chi connectivity index (χ1n) is 9.37. The Bertz CT molecular complexity index is 1250. The molecule has 0 aromatic heterocycles. The molecule has 0 saturated heterocycles. The molecule has 0 spiro atoms. The number of hydrogen-bond donors (Lipinski definition) is 1. The van der Waals surface area contributed by atoms with Crippen molar-refractivity contribution >= 4 is 38.6 Å². The number of anilines is 1. The minimum absolute atomic E-state index is 0.123. The minimum Gasteiger partial charge on any atom is -0.267 e. The van der Waals surface area contributed by atoms with Crippen molar-refractivity contribution in [2.45, 2.75) is 16.9 Å². The van der Waals surface area contributed by atoms with Gasteiger partial charge in [-0.25, -0.2) is 17.9 Å². The number of nitrogens with two attached hydrogens (primary N) is 1. The summed E-state index contributed by atoms with van der Waals surface area (Å²) in [6.07, 6.45) is 0. The molecule has 0 bridgehead atoms. The van der Waals surface area contributed by atoms with Gasteiger partial charge in [0.25, 0.3) is 0 Å². The van der Waals surface area contributed by atoms with Crippen LogP contribution in [-0.2, 0) is 10.0 Å². The summed E-state index contributed by atoms with van der Waals surface area (Å²) >= 11 is 6.54. The summed E-state index contributed by atoms with van der Waals surface area (Å²) in [6.45, 7) is -2.96. The molecular formula is C22H17ClF3N3O2S. The molecule has 3 aromatic rings. The molecule has 3 aromatic carbocycles. The highest BCUT2D eigenvalue weighted by Crippen LogP contribution is 2.46. The topological polar surface area (TPSA) is 66.6 Å². The summed E-state index contributed by atoms with van der Waals surface area (Å²) in [7, 11) is -3.94. The molecule has 1 unspecified atom stereocenters. The Hall–Kier alpha value is -2.85. The maximum absolute atomic E-state index is 14.2. The van der Waals surface area contributed by atoms with Crippen LogP contribution in [0.25, 0.3) is 11.3 Å². The van der Waals surface area contributed by atoms with E-state index >= 15 is 0 Å². The second-order valence-electron chi connectivity index (χ2n) is 6.98. The molecule has 2 N–H and O–H groups in total. The Morgan fingerprint density at radius 1 is 0.875 bits per heavy atom. The smallest absolute Gasteiger partial charge is 0.267 e. The summed E-state index contributed by atoms with van der Waals surface area (Å²) in [5.74, 6) is -0.483. The van der Waals surface area contributed by atoms with Gasteiger partial charge in [-0.05, 0) is 42.0 Å². The first-order valence-corrected chi connectivity index (χ1v) is 11.4. The average molecular weight is 480 g/mol. The molecule has 10 heteroatoms. The fourth-order valence-corrected chi connectivity index (χ4v) is 4.50. The molecule has 0 saturated carbocycles. The van der Waals surface area contributed by atoms with Gasteiger partial charge in [0, 0.05) is 11.1 Å². The number of benzene rings is 3. The molecule has 1 atom stereocenters. The van der Waals surface area contributed by atoms with Crippen LogP contribution in [0.4, 0.5) is 18.9 Å². The van der Waals surface area contributed by atoms with E-state index in [9.17, 15) is 21.6 Å². The molecule has 0 aliphatic carbocycles. The lowest BCUT2D eigenvalue weighted by Crippen LogP contribution is -2.44. The zero-order valence-corrected chi connectivity index (χ0v) is 17.9. The van der Waals surface area contributed by atoms with E-state index in [1.54, 1.807) is 30.3 Å². The van der Waals surface area contributed by atoms with Crippen LogP contribution in [0.3, 0.4) is 0 Å². The summed E-state index contributed by atoms with van der Waals surface area (Å²) in [6, 6.07) is 19.3. The van der Waals surface area contributed by atoms with E-state index in [1.165, 1.54) is 53.5 Å². The van der Waals surface area contributed by atoms with Crippen LogP contribution in [0, 0.1) is 5.82 Å². The molecule has 0 amide bonds. The molecule has 1 aliphatic heterocycles. The van der Waals surface area contributed by atoms with Gasteiger partial charge in [0.2, 0.25) is 10.0 Å². The normalized spacial score (nSPS) is 17.4. The van der Waals surface area contributed by atoms with Crippen molar-refractivity contribution in [2.24, 2.45) is 5.14 Å². The van der Waals surface area contributed by atoms with Gasteiger partial charge < -0.3 is 0 Å². The lowest BCUT2D eigenvalue weighted by molar-refractivity contribution is -0.0213. The Labute approximate surface area is 188 Å². The van der Waals surface area contributed by atoms with Crippen LogP contribution < -0.4 is 10.1 Å². The SMILES string of the molecule is NS(=O)(=O)c1ccc(C2=C(c3ccc(F)cc3)C(Cl)N(C(F)F)N2c2ccccc2)cc1. The number of primary sulfonamides is 1. The summed E-state index contributed by atoms with van der Waals surface area (Å²) in [5.41, 5.74) is 0.633. The zero-order valence-electron chi connectivity index (χ0n) is 16.4. The molecule has 5 nitrogen and oxygen atoms in total. The van der Waals surface area contributed by atoms with E-state index in [-0.39, 0.29) is 4.90 Å². The molecule has 0 radical (unpaired) electrons. The van der Waals surface area contributed by atoms with Crippen LogP contribution >= 0.6 is 11.6 Å². The lowest BCUT2D eigenvalue weighted by atomic mass is 10.00. The van der Waals surface area contributed by atoms with Crippen molar-refractivity contribution in [1.82, 2.24) is 5.01 Å². The Kier molecular flexibility index (Phi) is 6.00. The van der Waals surface area contributed by atoms with Crippen molar-refractivity contribution in [3.8, 4) is 0 Å². The maximum atomic E-state index is 14.2. The molecule has 166 valence electrons. The van der Waals surface area contributed by atoms with Gasteiger partial charge in [0.05, 0.1) is 16.3 Å². The van der Waals surface area contributed by atoms with Crippen molar-refractivity contribution in [1.29, 1.82) is 0 Å². The van der Waals surface area contributed by atoms with Crippen LogP contribution in [0.1, 0.15) is 11.1 Å². The van der Waals surface area contributed by atoms with Gasteiger partial charge in [-0.2, -0.15) is 8.78 Å². The first kappa shape index (κ1) is 22.3. The van der Waals surface area contributed by atoms with E-state index in [0.29, 0.717) is 33.1 Å². The van der Waals surface area contributed by atoms with E-state index in [4.69, 9.17) is 16.7 Å². The summed E-state index contributed by atoms with van der Waals surface area (Å²) in [4.78, 5) is -0.123. The lowest BCUT2D eigenvalue weighted by Gasteiger charge is -2.33. The van der Waals surface area contributed by atoms with Crippen LogP contribution in [0.15, 0.2) is 83.8 Å². The fraction of sp³-hybridized carbons (Fsp3) is 0.0909. The Morgan fingerprint density at radius 3 is 1.97 bits per heavy atom. The maximum Gasteiger partial charge on any atom is 0.312 e. The number of hydrogen-bond acceptors (Lipinski definition) is 4. The number of alkyl halides is 3. The van der Waals surface area contributed by atoms with Crippen LogP contribution in [0.2, 0.25) is 0 Å². The van der Waals surface area contributed by atoms with Crippen molar-refractivity contribution in [3.63, 3.8) is 0 Å². The minimum atomic E-state index is -3.94. The number of para-hydroxylation sites is 1. The van der Waals surface area contributed by atoms with E-state index in [1.807, 2.05) is 0 Å². The molecule has 32 heavy (non-hydrogen) atoms. The standard InChI is InChI=1S/C22H17ClF3N3O2S/c23-21-19(14-6-10-16(24)11-7-14)20(15-8-12-18(13-9-15)32(27,30)31)28(29(21)22(25)26)17-4-2-1-3-5-17/h1-13,21-22H,(H2,27,30,31). The summed E-state index contributed by atoms with van der Waals surface area (Å²) < 4.78 is 65.3. The van der Waals surface area contributed by atoms with Gasteiger partial charge in [-0.1, -0.05) is 54.1 Å². The molecule has 0 fully saturated rings. The van der Waals surface area contributed by atoms with E-state index < -0.39 is 27.9 Å². The van der Waals surface area contributed by atoms with E-state index in [2.05, 4.69) is 0 Å². The van der Waals surface area contributed by atoms with Crippen molar-refractivity contribution < 1.29 is 21.6 Å². The summed E-state index contributed by atoms with van der Waals surface area (Å²) in [5, 5.41) is 7.17. The van der Waals surface area contributed by atoms with Crippen LogP contribution in [-0.4, -0.2) is 25.5 Å². The number of hydrazine groups is 1. The highest BCUT2D eigenvalue weighted by Gasteiger charge is 2.44. The third-order valence-corrected chi connectivity index (χ3v) is 6.33. The molecule has 1 aliphatic rings. The number of halogens is 4. The average Bonchev–Trinajstić information content (AvgIpc) is 3.07. The molecule has 4 rings (SSSR count). The number of rotatable bonds is 5. The zero-order chi connectivity index (χ0) is 23.0. The van der Waals surface area contributed by atoms with Gasteiger partial charge in [-0.3, -0.25) is 5.01 Å². The number of nitrogens with zero attached hydrogens (tertiary/aromatic N) is 2. The largest absolute Gasteiger partial charge is 0.312 e. The fourth-order valence-electron chi connectivity index (χ4n) is 3.58. The Balaban J connectivity index is 1.99. The second-order valence-corrected chi connectivity index (χ2v) is 8.95. The third-order valence-electron chi connectivity index (χ3n) is 4.98. The van der Waals surface area contributed by atoms with E-state index in [0.717, 1.165) is 0 Å². The monoisotopic (exact) mass is 479 g/mol. The predicted molar refractivity (Wildman–Crippen MR) is 117 cm³/mol. The quantitative estimate of drug-likeness (QED) is 0.419. The third kappa shape index (κ3) is 4.12. The first-order chi connectivity index (χ1) is 15.2. The van der Waals surface area contributed by atoms with Crippen molar-refractivity contribution in [2.75, 3.05) is 5.01 Å². The molecule has 1 heterocycles. The highest BCUT2D eigenvalue weighted by atomic mass is 35.5. The second kappa shape index (κ2) is 8.59. The predicted octanol–water partition coefficient (Wildman–Crippen LogP) is 4.87. The number of sulfonamides is 1. The van der Waals surface area contributed by atoms with Crippen LogP contribution in [0.5, 0.6) is 0 Å². The van der Waals surface area contributed by atoms with Gasteiger partial charge in [0.1, 0.15) is 11.3 Å². The Morgan fingerprint density at radius 2 is 1.44 bits per heavy atom. The molecular weight excluding hydrogens is 463 g/mol. The van der Waals surface area contributed by atoms with Crippen molar-refractivity contribution in [3.05, 3.63) is 95.8 Å². The van der Waals surface area contributed by atoms with Gasteiger partial charge >= 0.3 is 6.55 Å².